The summed E-state index contributed by atoms with van der Waals surface area (Å²) in [5.41, 5.74) is 5.62. The molecule has 0 aromatic heterocycles. The van der Waals surface area contributed by atoms with Gasteiger partial charge >= 0.3 is 0 Å². The number of aryl methyl sites for hydroxylation is 2. The third kappa shape index (κ3) is 1.21. The van der Waals surface area contributed by atoms with E-state index in [1.807, 2.05) is 0 Å². The molecule has 0 saturated carbocycles. The van der Waals surface area contributed by atoms with Gasteiger partial charge in [0, 0.05) is 0 Å². The summed E-state index contributed by atoms with van der Waals surface area (Å²) < 4.78 is 0. The Hall–Kier alpha value is -1.56. The second-order valence-electron chi connectivity index (χ2n) is 4.40. The molecule has 2 aromatic rings. The smallest absolute Gasteiger partial charge is 0.00879 e. The van der Waals surface area contributed by atoms with Gasteiger partial charge in [-0.05, 0) is 65.4 Å². The van der Waals surface area contributed by atoms with Gasteiger partial charge in [-0.3, -0.25) is 0 Å². The minimum atomic E-state index is 1.10. The highest BCUT2D eigenvalue weighted by Crippen LogP contribution is 2.29. The van der Waals surface area contributed by atoms with Crippen LogP contribution in [0.1, 0.15) is 22.3 Å². The first-order valence-corrected chi connectivity index (χ1v) is 5.45. The van der Waals surface area contributed by atoms with Gasteiger partial charge in [0.15, 0.2) is 0 Å². The predicted molar refractivity (Wildman–Crippen MR) is 66.2 cm³/mol. The van der Waals surface area contributed by atoms with Crippen LogP contribution in [0.2, 0.25) is 0 Å². The lowest BCUT2D eigenvalue weighted by atomic mass is 9.96. The highest BCUT2D eigenvalue weighted by molar-refractivity contribution is 5.91. The fraction of sp³-hybridized carbons (Fsp3) is 0.200. The van der Waals surface area contributed by atoms with Crippen molar-refractivity contribution in [1.82, 2.24) is 0 Å². The van der Waals surface area contributed by atoms with Crippen LogP contribution < -0.4 is 0 Å². The molecule has 0 N–H and O–H groups in total. The van der Waals surface area contributed by atoms with E-state index in [0.717, 1.165) is 6.42 Å². The summed E-state index contributed by atoms with van der Waals surface area (Å²) in [6, 6.07) is 9.11. The van der Waals surface area contributed by atoms with Crippen molar-refractivity contribution in [2.24, 2.45) is 0 Å². The zero-order chi connectivity index (χ0) is 10.4. The van der Waals surface area contributed by atoms with Gasteiger partial charge < -0.3 is 0 Å². The molecule has 0 heterocycles. The molecule has 0 radical (unpaired) electrons. The lowest BCUT2D eigenvalue weighted by Gasteiger charge is -2.08. The molecule has 1 aliphatic rings. The lowest BCUT2D eigenvalue weighted by molar-refractivity contribution is 1.32. The number of hydrogen-bond donors (Lipinski definition) is 0. The standard InChI is InChI=1S/C15H14/c1-10-6-7-11(2)15-9-13-5-3-4-12(13)8-14(10)15/h3-4,6-9H,5H2,1-2H3. The lowest BCUT2D eigenvalue weighted by Crippen LogP contribution is -1.87. The maximum Gasteiger partial charge on any atom is -0.00879 e. The second-order valence-corrected chi connectivity index (χ2v) is 4.40. The molecule has 1 aliphatic carbocycles. The van der Waals surface area contributed by atoms with Crippen LogP contribution in [0.25, 0.3) is 16.8 Å². The quantitative estimate of drug-likeness (QED) is 0.594. The second kappa shape index (κ2) is 2.96. The largest absolute Gasteiger partial charge is 0.0795 e. The molecular formula is C15H14. The van der Waals surface area contributed by atoms with Crippen LogP contribution in [0.3, 0.4) is 0 Å². The highest BCUT2D eigenvalue weighted by atomic mass is 14.1. The first-order chi connectivity index (χ1) is 7.25. The minimum Gasteiger partial charge on any atom is -0.0795 e. The number of benzene rings is 2. The van der Waals surface area contributed by atoms with E-state index in [1.54, 1.807) is 0 Å². The number of rotatable bonds is 0. The average molecular weight is 194 g/mol. The molecule has 0 nitrogen and oxygen atoms in total. The Labute approximate surface area is 90.2 Å². The first kappa shape index (κ1) is 8.72. The van der Waals surface area contributed by atoms with Gasteiger partial charge in [-0.2, -0.15) is 0 Å². The first-order valence-electron chi connectivity index (χ1n) is 5.45. The fourth-order valence-electron chi connectivity index (χ4n) is 2.39. The van der Waals surface area contributed by atoms with E-state index in [-0.39, 0.29) is 0 Å². The zero-order valence-electron chi connectivity index (χ0n) is 9.17. The topological polar surface area (TPSA) is 0 Å². The Morgan fingerprint density at radius 3 is 2.33 bits per heavy atom. The fourth-order valence-corrected chi connectivity index (χ4v) is 2.39. The Morgan fingerprint density at radius 2 is 1.60 bits per heavy atom. The van der Waals surface area contributed by atoms with Gasteiger partial charge in [0.2, 0.25) is 0 Å². The summed E-state index contributed by atoms with van der Waals surface area (Å²) in [7, 11) is 0. The molecule has 74 valence electrons. The monoisotopic (exact) mass is 194 g/mol. The van der Waals surface area contributed by atoms with Crippen molar-refractivity contribution < 1.29 is 0 Å². The van der Waals surface area contributed by atoms with Crippen molar-refractivity contribution in [3.63, 3.8) is 0 Å². The van der Waals surface area contributed by atoms with Crippen LogP contribution in [-0.2, 0) is 6.42 Å². The molecule has 3 rings (SSSR count). The van der Waals surface area contributed by atoms with E-state index in [2.05, 4.69) is 50.3 Å². The number of allylic oxidation sites excluding steroid dienone is 1. The Kier molecular flexibility index (Phi) is 1.72. The van der Waals surface area contributed by atoms with Crippen LogP contribution in [0, 0.1) is 13.8 Å². The summed E-state index contributed by atoms with van der Waals surface area (Å²) in [6.07, 6.45) is 5.57. The van der Waals surface area contributed by atoms with Crippen molar-refractivity contribution in [1.29, 1.82) is 0 Å². The molecular weight excluding hydrogens is 180 g/mol. The molecule has 0 fully saturated rings. The summed E-state index contributed by atoms with van der Waals surface area (Å²) in [4.78, 5) is 0. The van der Waals surface area contributed by atoms with Crippen molar-refractivity contribution in [2.75, 3.05) is 0 Å². The van der Waals surface area contributed by atoms with E-state index in [1.165, 1.54) is 33.0 Å². The van der Waals surface area contributed by atoms with Crippen molar-refractivity contribution >= 4 is 16.8 Å². The third-order valence-electron chi connectivity index (χ3n) is 3.35. The van der Waals surface area contributed by atoms with E-state index in [4.69, 9.17) is 0 Å². The summed E-state index contributed by atoms with van der Waals surface area (Å²) in [5.74, 6) is 0. The normalized spacial score (nSPS) is 13.5. The highest BCUT2D eigenvalue weighted by Gasteiger charge is 2.08. The Balaban J connectivity index is 2.45. The van der Waals surface area contributed by atoms with E-state index in [9.17, 15) is 0 Å². The Bertz CT molecular complexity index is 574. The van der Waals surface area contributed by atoms with Crippen molar-refractivity contribution in [2.45, 2.75) is 20.3 Å². The molecule has 0 unspecified atom stereocenters. The maximum absolute atomic E-state index is 2.35. The third-order valence-corrected chi connectivity index (χ3v) is 3.35. The van der Waals surface area contributed by atoms with Gasteiger partial charge in [-0.15, -0.1) is 0 Å². The zero-order valence-corrected chi connectivity index (χ0v) is 9.17. The minimum absolute atomic E-state index is 1.10. The van der Waals surface area contributed by atoms with Crippen molar-refractivity contribution in [3.8, 4) is 0 Å². The molecule has 0 bridgehead atoms. The van der Waals surface area contributed by atoms with Crippen LogP contribution in [-0.4, -0.2) is 0 Å². The number of hydrogen-bond acceptors (Lipinski definition) is 0. The Morgan fingerprint density at radius 1 is 0.933 bits per heavy atom. The maximum atomic E-state index is 2.35. The molecule has 0 aliphatic heterocycles. The molecule has 15 heavy (non-hydrogen) atoms. The van der Waals surface area contributed by atoms with Crippen LogP contribution in [0.5, 0.6) is 0 Å². The summed E-state index contributed by atoms with van der Waals surface area (Å²) in [5, 5.41) is 2.82. The van der Waals surface area contributed by atoms with E-state index < -0.39 is 0 Å². The summed E-state index contributed by atoms with van der Waals surface area (Å²) in [6.45, 7) is 4.38. The van der Waals surface area contributed by atoms with Gasteiger partial charge in [0.05, 0.1) is 0 Å². The van der Waals surface area contributed by atoms with Crippen LogP contribution >= 0.6 is 0 Å². The van der Waals surface area contributed by atoms with Gasteiger partial charge in [0.1, 0.15) is 0 Å². The van der Waals surface area contributed by atoms with E-state index >= 15 is 0 Å². The molecule has 0 spiro atoms. The summed E-state index contributed by atoms with van der Waals surface area (Å²) >= 11 is 0. The molecule has 0 amide bonds. The van der Waals surface area contributed by atoms with Gasteiger partial charge in [0.25, 0.3) is 0 Å². The molecule has 2 aromatic carbocycles. The molecule has 0 saturated heterocycles. The SMILES string of the molecule is Cc1ccc(C)c2cc3c(cc12)C=CC3. The molecule has 0 atom stereocenters. The van der Waals surface area contributed by atoms with Gasteiger partial charge in [-0.25, -0.2) is 0 Å². The van der Waals surface area contributed by atoms with Crippen LogP contribution in [0.4, 0.5) is 0 Å². The van der Waals surface area contributed by atoms with Gasteiger partial charge in [-0.1, -0.05) is 24.3 Å². The van der Waals surface area contributed by atoms with E-state index in [0.29, 0.717) is 0 Å². The molecule has 0 heteroatoms. The van der Waals surface area contributed by atoms with Crippen LogP contribution in [0.15, 0.2) is 30.3 Å². The average Bonchev–Trinajstić information content (AvgIpc) is 2.69. The number of fused-ring (bicyclic) bond motifs is 2. The van der Waals surface area contributed by atoms with Crippen molar-refractivity contribution in [3.05, 3.63) is 52.6 Å². The predicted octanol–water partition coefficient (Wildman–Crippen LogP) is 4.03.